The fourth-order valence-corrected chi connectivity index (χ4v) is 7.00. The van der Waals surface area contributed by atoms with Gasteiger partial charge in [0.25, 0.3) is 0 Å². The van der Waals surface area contributed by atoms with Gasteiger partial charge in [-0.3, -0.25) is 0 Å². The van der Waals surface area contributed by atoms with E-state index in [0.29, 0.717) is 17.2 Å². The van der Waals surface area contributed by atoms with E-state index in [0.717, 1.165) is 48.3 Å². The van der Waals surface area contributed by atoms with Crippen molar-refractivity contribution in [3.05, 3.63) is 109 Å². The molecule has 0 radical (unpaired) electrons. The fourth-order valence-electron chi connectivity index (χ4n) is 5.64. The molecule has 7 heteroatoms. The monoisotopic (exact) mass is 678 g/mol. The molecule has 0 spiro atoms. The molecule has 1 aliphatic carbocycles. The van der Waals surface area contributed by atoms with Crippen molar-refractivity contribution >= 4 is 43.5 Å². The molecule has 0 saturated carbocycles. The topological polar surface area (TPSA) is 46.2 Å². The highest BCUT2D eigenvalue weighted by Crippen LogP contribution is 2.62. The first kappa shape index (κ1) is 29.1. The van der Waals surface area contributed by atoms with Crippen LogP contribution in [0, 0.1) is 6.92 Å². The van der Waals surface area contributed by atoms with Crippen molar-refractivity contribution in [2.75, 3.05) is 35.5 Å². The molecule has 212 valence electrons. The number of aryl methyl sites for hydroxylation is 1. The number of rotatable bonds is 8. The van der Waals surface area contributed by atoms with Crippen molar-refractivity contribution in [2.45, 2.75) is 18.8 Å². The van der Waals surface area contributed by atoms with Crippen LogP contribution in [0.4, 0.5) is 0 Å². The van der Waals surface area contributed by atoms with Gasteiger partial charge in [0.05, 0.1) is 44.5 Å². The average molecular weight is 680 g/mol. The van der Waals surface area contributed by atoms with Gasteiger partial charge in [-0.1, -0.05) is 48.0 Å². The number of ether oxygens (including phenoxy) is 5. The van der Waals surface area contributed by atoms with Gasteiger partial charge >= 0.3 is 0 Å². The third kappa shape index (κ3) is 5.33. The van der Waals surface area contributed by atoms with E-state index in [-0.39, 0.29) is 11.8 Å². The van der Waals surface area contributed by atoms with Crippen LogP contribution in [-0.2, 0) is 0 Å². The molecule has 41 heavy (non-hydrogen) atoms. The van der Waals surface area contributed by atoms with Crippen LogP contribution in [-0.4, -0.2) is 35.5 Å². The zero-order valence-electron chi connectivity index (χ0n) is 23.9. The molecule has 0 aliphatic heterocycles. The molecular formula is C34H32Br2O5. The third-order valence-electron chi connectivity index (χ3n) is 7.65. The van der Waals surface area contributed by atoms with Crippen molar-refractivity contribution in [3.63, 3.8) is 0 Å². The summed E-state index contributed by atoms with van der Waals surface area (Å²) in [6, 6.07) is 22.8. The van der Waals surface area contributed by atoms with Crippen LogP contribution in [0.3, 0.4) is 0 Å². The zero-order chi connectivity index (χ0) is 29.3. The van der Waals surface area contributed by atoms with Gasteiger partial charge < -0.3 is 23.7 Å². The zero-order valence-corrected chi connectivity index (χ0v) is 27.1. The molecule has 0 amide bonds. The van der Waals surface area contributed by atoms with Gasteiger partial charge in [0.1, 0.15) is 28.7 Å². The molecule has 5 rings (SSSR count). The number of benzene rings is 4. The molecule has 5 nitrogen and oxygen atoms in total. The summed E-state index contributed by atoms with van der Waals surface area (Å²) in [5.74, 6) is 3.45. The first-order chi connectivity index (χ1) is 19.8. The van der Waals surface area contributed by atoms with Gasteiger partial charge in [0.15, 0.2) is 0 Å². The highest BCUT2D eigenvalue weighted by Gasteiger charge is 2.44. The van der Waals surface area contributed by atoms with Crippen LogP contribution >= 0.6 is 31.9 Å². The predicted octanol–water partition coefficient (Wildman–Crippen LogP) is 9.03. The van der Waals surface area contributed by atoms with Crippen LogP contribution < -0.4 is 23.7 Å². The maximum atomic E-state index is 6.07. The largest absolute Gasteiger partial charge is 0.497 e. The maximum Gasteiger partial charge on any atom is 0.137 e. The Morgan fingerprint density at radius 3 is 1.80 bits per heavy atom. The number of halogens is 2. The van der Waals surface area contributed by atoms with E-state index in [2.05, 4.69) is 87.3 Å². The van der Waals surface area contributed by atoms with Crippen molar-refractivity contribution in [3.8, 4) is 28.7 Å². The molecular weight excluding hydrogens is 648 g/mol. The van der Waals surface area contributed by atoms with Crippen molar-refractivity contribution < 1.29 is 23.7 Å². The smallest absolute Gasteiger partial charge is 0.137 e. The number of hydrogen-bond acceptors (Lipinski definition) is 5. The summed E-state index contributed by atoms with van der Waals surface area (Å²) in [5, 5.41) is 0. The Morgan fingerprint density at radius 2 is 1.22 bits per heavy atom. The Balaban J connectivity index is 1.90. The van der Waals surface area contributed by atoms with Crippen LogP contribution in [0.1, 0.15) is 45.2 Å². The standard InChI is InChI=1S/C34H32Br2O5/c1-19-7-11-21(12-8-19)29-24(15-20-9-13-22(37-2)14-10-20)31-32(26(39-4)18-28(41-6)34(31)36)30(29)25-16-23(38-3)17-27(40-5)33(25)35/h7-18,29-30H,1-6H3/b24-15+/t29-,30+/m0/s1. The van der Waals surface area contributed by atoms with Gasteiger partial charge in [-0.25, -0.2) is 0 Å². The van der Waals surface area contributed by atoms with Crippen molar-refractivity contribution in [1.29, 1.82) is 0 Å². The van der Waals surface area contributed by atoms with E-state index in [1.807, 2.05) is 24.3 Å². The van der Waals surface area contributed by atoms with Crippen LogP contribution in [0.15, 0.2) is 75.7 Å². The summed E-state index contributed by atoms with van der Waals surface area (Å²) in [4.78, 5) is 0. The SMILES string of the molecule is COc1ccc(/C=C2/c3c(Br)c(OC)cc(OC)c3[C@H](c3cc(OC)cc(OC)c3Br)[C@H]2c2ccc(C)cc2)cc1. The second-order valence-electron chi connectivity index (χ2n) is 9.86. The van der Waals surface area contributed by atoms with E-state index in [9.17, 15) is 0 Å². The molecule has 0 aromatic heterocycles. The Bertz CT molecular complexity index is 1590. The first-order valence-electron chi connectivity index (χ1n) is 13.1. The van der Waals surface area contributed by atoms with Gasteiger partial charge in [-0.15, -0.1) is 0 Å². The molecule has 1 aliphatic rings. The van der Waals surface area contributed by atoms with E-state index in [1.165, 1.54) is 11.1 Å². The second-order valence-corrected chi connectivity index (χ2v) is 11.4. The fraction of sp³-hybridized carbons (Fsp3) is 0.235. The maximum absolute atomic E-state index is 6.07. The molecule has 0 N–H and O–H groups in total. The molecule has 0 saturated heterocycles. The highest BCUT2D eigenvalue weighted by atomic mass is 79.9. The van der Waals surface area contributed by atoms with E-state index < -0.39 is 0 Å². The van der Waals surface area contributed by atoms with Gasteiger partial charge in [-0.05, 0) is 79.2 Å². The van der Waals surface area contributed by atoms with Crippen LogP contribution in [0.25, 0.3) is 11.6 Å². The lowest BCUT2D eigenvalue weighted by Gasteiger charge is -2.26. The normalized spacial score (nSPS) is 16.8. The Morgan fingerprint density at radius 1 is 0.610 bits per heavy atom. The quantitative estimate of drug-likeness (QED) is 0.186. The van der Waals surface area contributed by atoms with Crippen LogP contribution in [0.5, 0.6) is 28.7 Å². The molecule has 4 aromatic rings. The predicted molar refractivity (Wildman–Crippen MR) is 171 cm³/mol. The van der Waals surface area contributed by atoms with Crippen molar-refractivity contribution in [1.82, 2.24) is 0 Å². The number of allylic oxidation sites excluding steroid dienone is 1. The second kappa shape index (κ2) is 12.2. The lowest BCUT2D eigenvalue weighted by atomic mass is 9.79. The first-order valence-corrected chi connectivity index (χ1v) is 14.7. The molecule has 0 bridgehead atoms. The molecule has 4 aromatic carbocycles. The summed E-state index contributed by atoms with van der Waals surface area (Å²) in [5.41, 5.74) is 7.70. The lowest BCUT2D eigenvalue weighted by Crippen LogP contribution is -2.10. The van der Waals surface area contributed by atoms with Gasteiger partial charge in [0, 0.05) is 35.1 Å². The summed E-state index contributed by atoms with van der Waals surface area (Å²) in [6.45, 7) is 2.10. The molecule has 0 heterocycles. The summed E-state index contributed by atoms with van der Waals surface area (Å²) < 4.78 is 30.6. The number of fused-ring (bicyclic) bond motifs is 1. The minimum Gasteiger partial charge on any atom is -0.497 e. The minimum atomic E-state index is -0.146. The van der Waals surface area contributed by atoms with Gasteiger partial charge in [0.2, 0.25) is 0 Å². The van der Waals surface area contributed by atoms with Gasteiger partial charge in [-0.2, -0.15) is 0 Å². The van der Waals surface area contributed by atoms with Crippen LogP contribution in [0.2, 0.25) is 0 Å². The molecule has 0 unspecified atom stereocenters. The summed E-state index contributed by atoms with van der Waals surface area (Å²) >= 11 is 7.80. The third-order valence-corrected chi connectivity index (χ3v) is 9.28. The van der Waals surface area contributed by atoms with Crippen molar-refractivity contribution in [2.24, 2.45) is 0 Å². The number of hydrogen-bond donors (Lipinski definition) is 0. The molecule has 0 fully saturated rings. The Labute approximate surface area is 258 Å². The minimum absolute atomic E-state index is 0.0712. The van der Waals surface area contributed by atoms with E-state index in [1.54, 1.807) is 35.5 Å². The molecule has 2 atom stereocenters. The highest BCUT2D eigenvalue weighted by molar-refractivity contribution is 9.11. The average Bonchev–Trinajstić information content (AvgIpc) is 3.33. The Kier molecular flexibility index (Phi) is 8.66. The Hall–Kier alpha value is -3.42. The summed E-state index contributed by atoms with van der Waals surface area (Å²) in [7, 11) is 8.39. The van der Waals surface area contributed by atoms with E-state index in [4.69, 9.17) is 23.7 Å². The lowest BCUT2D eigenvalue weighted by molar-refractivity contribution is 0.386. The number of methoxy groups -OCH3 is 5. The van der Waals surface area contributed by atoms with E-state index >= 15 is 0 Å². The summed E-state index contributed by atoms with van der Waals surface area (Å²) in [6.07, 6.45) is 2.25.